The quantitative estimate of drug-likeness (QED) is 0.180. The van der Waals surface area contributed by atoms with Crippen LogP contribution in [0.5, 0.6) is 0 Å². The second kappa shape index (κ2) is 13.7. The van der Waals surface area contributed by atoms with Gasteiger partial charge in [0.25, 0.3) is 0 Å². The highest BCUT2D eigenvalue weighted by molar-refractivity contribution is 5.94. The Morgan fingerprint density at radius 2 is 1.62 bits per heavy atom. The first-order valence-corrected chi connectivity index (χ1v) is 11.4. The van der Waals surface area contributed by atoms with Gasteiger partial charge in [0.15, 0.2) is 0 Å². The van der Waals surface area contributed by atoms with Crippen LogP contribution in [0.25, 0.3) is 0 Å². The minimum atomic E-state index is -1.41. The molecule has 12 heteroatoms. The van der Waals surface area contributed by atoms with E-state index in [0.29, 0.717) is 12.1 Å². The zero-order valence-corrected chi connectivity index (χ0v) is 20.4. The molecule has 1 aromatic heterocycles. The number of nitrogens with one attached hydrogen (secondary N) is 4. The number of amides is 3. The number of carboxylic acid groups (broad SMARTS) is 1. The lowest BCUT2D eigenvalue weighted by molar-refractivity contribution is -0.143. The maximum Gasteiger partial charge on any atom is 0.326 e. The predicted octanol–water partition coefficient (Wildman–Crippen LogP) is -0.708. The Hall–Kier alpha value is -2.99. The van der Waals surface area contributed by atoms with Crippen molar-refractivity contribution >= 4 is 23.7 Å². The third-order valence-electron chi connectivity index (χ3n) is 5.51. The lowest BCUT2D eigenvalue weighted by Crippen LogP contribution is -2.61. The van der Waals surface area contributed by atoms with Crippen molar-refractivity contribution in [3.63, 3.8) is 0 Å². The van der Waals surface area contributed by atoms with E-state index in [2.05, 4.69) is 25.9 Å². The third kappa shape index (κ3) is 9.10. The Balaban J connectivity index is 2.93. The summed E-state index contributed by atoms with van der Waals surface area (Å²) < 4.78 is 0. The van der Waals surface area contributed by atoms with Gasteiger partial charge in [0.1, 0.15) is 18.1 Å². The van der Waals surface area contributed by atoms with Crippen LogP contribution in [0, 0.1) is 11.8 Å². The molecule has 0 aliphatic carbocycles. The first-order valence-electron chi connectivity index (χ1n) is 11.4. The van der Waals surface area contributed by atoms with Crippen molar-refractivity contribution in [2.45, 2.75) is 84.2 Å². The lowest BCUT2D eigenvalue weighted by Gasteiger charge is -2.29. The summed E-state index contributed by atoms with van der Waals surface area (Å²) in [7, 11) is 0. The number of carbonyl (C=O) groups excluding carboxylic acids is 3. The molecular weight excluding hydrogens is 444 g/mol. The van der Waals surface area contributed by atoms with E-state index in [-0.39, 0.29) is 24.7 Å². The monoisotopic (exact) mass is 482 g/mol. The van der Waals surface area contributed by atoms with E-state index in [4.69, 9.17) is 5.73 Å². The highest BCUT2D eigenvalue weighted by atomic mass is 16.4. The molecule has 6 atom stereocenters. The van der Waals surface area contributed by atoms with Gasteiger partial charge in [-0.05, 0) is 25.2 Å². The molecule has 192 valence electrons. The van der Waals surface area contributed by atoms with Gasteiger partial charge in [-0.25, -0.2) is 9.78 Å². The number of aromatic amines is 1. The number of rotatable bonds is 14. The van der Waals surface area contributed by atoms with Gasteiger partial charge >= 0.3 is 5.97 Å². The molecule has 3 amide bonds. The molecule has 0 radical (unpaired) electrons. The number of hydrogen-bond donors (Lipinski definition) is 7. The van der Waals surface area contributed by atoms with Gasteiger partial charge in [0.05, 0.1) is 18.5 Å². The molecule has 1 rings (SSSR count). The van der Waals surface area contributed by atoms with Gasteiger partial charge in [0.2, 0.25) is 17.7 Å². The maximum absolute atomic E-state index is 13.0. The van der Waals surface area contributed by atoms with E-state index in [1.54, 1.807) is 13.1 Å². The molecule has 0 saturated carbocycles. The molecule has 0 aliphatic heterocycles. The van der Waals surface area contributed by atoms with E-state index >= 15 is 0 Å². The predicted molar refractivity (Wildman–Crippen MR) is 124 cm³/mol. The first-order chi connectivity index (χ1) is 15.9. The van der Waals surface area contributed by atoms with E-state index in [9.17, 15) is 29.4 Å². The van der Waals surface area contributed by atoms with Gasteiger partial charge in [0, 0.05) is 18.3 Å². The molecule has 8 N–H and O–H groups in total. The second-order valence-corrected chi connectivity index (χ2v) is 9.02. The van der Waals surface area contributed by atoms with Crippen LogP contribution >= 0.6 is 0 Å². The van der Waals surface area contributed by atoms with Crippen molar-refractivity contribution < 1.29 is 29.4 Å². The molecule has 0 aliphatic rings. The first kappa shape index (κ1) is 29.0. The highest BCUT2D eigenvalue weighted by Crippen LogP contribution is 2.11. The van der Waals surface area contributed by atoms with Crippen LogP contribution in [-0.2, 0) is 25.6 Å². The molecular formula is C22H38N6O6. The number of aliphatic hydroxyl groups is 1. The Morgan fingerprint density at radius 1 is 1.03 bits per heavy atom. The molecule has 0 spiro atoms. The normalized spacial score (nSPS) is 16.6. The van der Waals surface area contributed by atoms with Crippen LogP contribution in [0.1, 0.15) is 53.2 Å². The van der Waals surface area contributed by atoms with Crippen molar-refractivity contribution in [3.05, 3.63) is 18.2 Å². The van der Waals surface area contributed by atoms with Crippen LogP contribution in [0.3, 0.4) is 0 Å². The summed E-state index contributed by atoms with van der Waals surface area (Å²) in [6.45, 7) is 8.52. The summed E-state index contributed by atoms with van der Waals surface area (Å²) in [5.41, 5.74) is 6.63. The van der Waals surface area contributed by atoms with Gasteiger partial charge < -0.3 is 36.9 Å². The summed E-state index contributed by atoms with van der Waals surface area (Å²) in [6.07, 6.45) is 2.60. The lowest BCUT2D eigenvalue weighted by atomic mass is 9.96. The molecule has 1 aromatic rings. The SMILES string of the molecule is CCC(C)C(NC(=O)C(N)Cc1cnc[nH]1)C(=O)NC(C(=O)NC(CC(C)C)C(=O)O)C(C)O. The van der Waals surface area contributed by atoms with Gasteiger partial charge in [-0.15, -0.1) is 0 Å². The number of imidazole rings is 1. The number of carboxylic acids is 1. The van der Waals surface area contributed by atoms with Crippen LogP contribution in [-0.4, -0.2) is 74.1 Å². The summed E-state index contributed by atoms with van der Waals surface area (Å²) in [5.74, 6) is -3.61. The van der Waals surface area contributed by atoms with Gasteiger partial charge in [-0.2, -0.15) is 0 Å². The molecule has 0 aromatic carbocycles. The molecule has 0 saturated heterocycles. The number of H-pyrrole nitrogens is 1. The van der Waals surface area contributed by atoms with E-state index in [1.807, 2.05) is 20.8 Å². The number of nitrogens with two attached hydrogens (primary N) is 1. The smallest absolute Gasteiger partial charge is 0.326 e. The van der Waals surface area contributed by atoms with Gasteiger partial charge in [-0.3, -0.25) is 14.4 Å². The fourth-order valence-corrected chi connectivity index (χ4v) is 3.29. The second-order valence-electron chi connectivity index (χ2n) is 9.02. The topological polar surface area (TPSA) is 200 Å². The van der Waals surface area contributed by atoms with Crippen molar-refractivity contribution in [3.8, 4) is 0 Å². The Bertz CT molecular complexity index is 813. The molecule has 6 unspecified atom stereocenters. The third-order valence-corrected chi connectivity index (χ3v) is 5.51. The van der Waals surface area contributed by atoms with Crippen LogP contribution < -0.4 is 21.7 Å². The standard InChI is InChI=1S/C22H38N6O6/c1-6-12(4)17(27-19(30)15(23)8-14-9-24-10-25-14)20(31)28-18(13(5)29)21(32)26-16(22(33)34)7-11(2)3/h9-13,15-18,29H,6-8,23H2,1-5H3,(H,24,25)(H,26,32)(H,27,30)(H,28,31)(H,33,34). The number of hydrogen-bond acceptors (Lipinski definition) is 7. The summed E-state index contributed by atoms with van der Waals surface area (Å²) >= 11 is 0. The average molecular weight is 483 g/mol. The van der Waals surface area contributed by atoms with Crippen molar-refractivity contribution in [2.75, 3.05) is 0 Å². The molecule has 34 heavy (non-hydrogen) atoms. The molecule has 12 nitrogen and oxygen atoms in total. The number of aliphatic hydroxyl groups excluding tert-OH is 1. The van der Waals surface area contributed by atoms with Crippen LogP contribution in [0.4, 0.5) is 0 Å². The molecule has 0 bridgehead atoms. The summed E-state index contributed by atoms with van der Waals surface area (Å²) in [5, 5.41) is 26.9. The Labute approximate surface area is 199 Å². The van der Waals surface area contributed by atoms with E-state index in [1.165, 1.54) is 13.3 Å². The summed E-state index contributed by atoms with van der Waals surface area (Å²) in [4.78, 5) is 56.6. The van der Waals surface area contributed by atoms with Gasteiger partial charge in [-0.1, -0.05) is 34.1 Å². The Kier molecular flexibility index (Phi) is 11.7. The van der Waals surface area contributed by atoms with E-state index in [0.717, 1.165) is 0 Å². The van der Waals surface area contributed by atoms with Crippen molar-refractivity contribution in [1.29, 1.82) is 0 Å². The summed E-state index contributed by atoms with van der Waals surface area (Å²) in [6, 6.07) is -4.55. The number of aromatic nitrogens is 2. The number of aliphatic carboxylic acids is 1. The number of carbonyl (C=O) groups is 4. The highest BCUT2D eigenvalue weighted by Gasteiger charge is 2.34. The fraction of sp³-hybridized carbons (Fsp3) is 0.682. The van der Waals surface area contributed by atoms with Crippen LogP contribution in [0.15, 0.2) is 12.5 Å². The average Bonchev–Trinajstić information content (AvgIpc) is 3.26. The molecule has 1 heterocycles. The minimum Gasteiger partial charge on any atom is -0.480 e. The van der Waals surface area contributed by atoms with Crippen molar-refractivity contribution in [1.82, 2.24) is 25.9 Å². The zero-order valence-electron chi connectivity index (χ0n) is 20.4. The van der Waals surface area contributed by atoms with Crippen LogP contribution in [0.2, 0.25) is 0 Å². The zero-order chi connectivity index (χ0) is 26.0. The maximum atomic E-state index is 13.0. The fourth-order valence-electron chi connectivity index (χ4n) is 3.29. The number of nitrogens with zero attached hydrogens (tertiary/aromatic N) is 1. The molecule has 0 fully saturated rings. The largest absolute Gasteiger partial charge is 0.480 e. The van der Waals surface area contributed by atoms with E-state index < -0.39 is 54.0 Å². The Morgan fingerprint density at radius 3 is 2.09 bits per heavy atom. The minimum absolute atomic E-state index is 0.00282. The van der Waals surface area contributed by atoms with Crippen molar-refractivity contribution in [2.24, 2.45) is 17.6 Å².